The molecule has 1 aliphatic rings. The highest BCUT2D eigenvalue weighted by Gasteiger charge is 2.26. The Bertz CT molecular complexity index is 784. The molecule has 3 rings (SSSR count). The van der Waals surface area contributed by atoms with E-state index in [1.165, 1.54) is 7.11 Å². The van der Waals surface area contributed by atoms with E-state index in [1.54, 1.807) is 18.4 Å². The largest absolute Gasteiger partial charge is 0.469 e. The van der Waals surface area contributed by atoms with Gasteiger partial charge >= 0.3 is 5.97 Å². The van der Waals surface area contributed by atoms with Crippen LogP contribution in [0, 0.1) is 5.92 Å². The van der Waals surface area contributed by atoms with E-state index in [0.717, 1.165) is 47.1 Å². The van der Waals surface area contributed by atoms with Gasteiger partial charge in [-0.25, -0.2) is 4.98 Å². The Hall–Kier alpha value is -1.86. The van der Waals surface area contributed by atoms with Gasteiger partial charge in [-0.15, -0.1) is 11.3 Å². The number of rotatable bonds is 3. The summed E-state index contributed by atoms with van der Waals surface area (Å²) in [6.45, 7) is 2.18. The van der Waals surface area contributed by atoms with Crippen LogP contribution in [-0.2, 0) is 16.1 Å². The highest BCUT2D eigenvalue weighted by Crippen LogP contribution is 2.25. The minimum Gasteiger partial charge on any atom is -0.469 e. The zero-order valence-corrected chi connectivity index (χ0v) is 15.9. The van der Waals surface area contributed by atoms with Crippen molar-refractivity contribution in [1.82, 2.24) is 15.2 Å². The van der Waals surface area contributed by atoms with E-state index in [0.29, 0.717) is 11.6 Å². The highest BCUT2D eigenvalue weighted by molar-refractivity contribution is 7.18. The Balaban J connectivity index is 1.58. The third kappa shape index (κ3) is 4.22. The number of aliphatic imine (C=N–C) groups is 1. The van der Waals surface area contributed by atoms with Gasteiger partial charge in [-0.05, 0) is 31.0 Å². The number of carbonyl (C=O) groups excluding carboxylic acids is 1. The average Bonchev–Trinajstić information content (AvgIpc) is 3.04. The van der Waals surface area contributed by atoms with Crippen molar-refractivity contribution in [3.05, 3.63) is 28.2 Å². The minimum atomic E-state index is -0.115. The number of fused-ring (bicyclic) bond motifs is 1. The third-order valence-electron chi connectivity index (χ3n) is 4.33. The number of piperidine rings is 1. The molecule has 0 saturated carbocycles. The van der Waals surface area contributed by atoms with Crippen LogP contribution in [0.2, 0.25) is 5.02 Å². The van der Waals surface area contributed by atoms with E-state index in [1.807, 2.05) is 18.2 Å². The van der Waals surface area contributed by atoms with Gasteiger partial charge in [0.1, 0.15) is 5.01 Å². The van der Waals surface area contributed by atoms with Gasteiger partial charge in [0.2, 0.25) is 0 Å². The molecule has 0 unspecified atom stereocenters. The van der Waals surface area contributed by atoms with Crippen LogP contribution in [0.4, 0.5) is 0 Å². The maximum absolute atomic E-state index is 11.6. The molecule has 1 fully saturated rings. The van der Waals surface area contributed by atoms with Crippen molar-refractivity contribution in [2.24, 2.45) is 10.9 Å². The fourth-order valence-corrected chi connectivity index (χ4v) is 4.06. The van der Waals surface area contributed by atoms with Crippen molar-refractivity contribution in [3.63, 3.8) is 0 Å². The summed E-state index contributed by atoms with van der Waals surface area (Å²) < 4.78 is 5.96. The summed E-state index contributed by atoms with van der Waals surface area (Å²) in [7, 11) is 3.22. The summed E-state index contributed by atoms with van der Waals surface area (Å²) in [5.41, 5.74) is 0.920. The summed E-state index contributed by atoms with van der Waals surface area (Å²) in [4.78, 5) is 22.8. The van der Waals surface area contributed by atoms with Gasteiger partial charge in [0.05, 0.1) is 29.8 Å². The fourth-order valence-electron chi connectivity index (χ4n) is 3.00. The Morgan fingerprint density at radius 1 is 1.48 bits per heavy atom. The number of esters is 1. The molecule has 0 atom stereocenters. The van der Waals surface area contributed by atoms with Crippen molar-refractivity contribution < 1.29 is 9.53 Å². The number of hydrogen-bond acceptors (Lipinski definition) is 5. The molecule has 8 heteroatoms. The zero-order valence-electron chi connectivity index (χ0n) is 14.3. The second-order valence-corrected chi connectivity index (χ2v) is 7.46. The Morgan fingerprint density at radius 3 is 2.92 bits per heavy atom. The van der Waals surface area contributed by atoms with Crippen LogP contribution in [0.5, 0.6) is 0 Å². The maximum atomic E-state index is 11.6. The first-order valence-corrected chi connectivity index (χ1v) is 9.38. The molecule has 1 aromatic heterocycles. The number of nitrogens with zero attached hydrogens (tertiary/aromatic N) is 3. The number of benzene rings is 1. The van der Waals surface area contributed by atoms with Crippen molar-refractivity contribution in [1.29, 1.82) is 0 Å². The molecule has 0 aliphatic carbocycles. The second kappa shape index (κ2) is 8.01. The lowest BCUT2D eigenvalue weighted by molar-refractivity contribution is -0.146. The van der Waals surface area contributed by atoms with Crippen LogP contribution >= 0.6 is 22.9 Å². The minimum absolute atomic E-state index is 0.00614. The zero-order chi connectivity index (χ0) is 17.8. The summed E-state index contributed by atoms with van der Waals surface area (Å²) in [5.74, 6) is 0.713. The number of ether oxygens (including phenoxy) is 1. The van der Waals surface area contributed by atoms with E-state index in [9.17, 15) is 4.79 Å². The molecule has 6 nitrogen and oxygen atoms in total. The maximum Gasteiger partial charge on any atom is 0.308 e. The first kappa shape index (κ1) is 17.9. The first-order valence-electron chi connectivity index (χ1n) is 8.19. The predicted octanol–water partition coefficient (Wildman–Crippen LogP) is 2.91. The lowest BCUT2D eigenvalue weighted by atomic mass is 9.97. The van der Waals surface area contributed by atoms with Gasteiger partial charge in [0.25, 0.3) is 0 Å². The van der Waals surface area contributed by atoms with Gasteiger partial charge in [-0.2, -0.15) is 0 Å². The van der Waals surface area contributed by atoms with Crippen LogP contribution in [0.1, 0.15) is 17.8 Å². The van der Waals surface area contributed by atoms with Crippen LogP contribution in [0.25, 0.3) is 10.2 Å². The number of methoxy groups -OCH3 is 1. The van der Waals surface area contributed by atoms with Gasteiger partial charge in [0.15, 0.2) is 5.96 Å². The molecule has 0 amide bonds. The van der Waals surface area contributed by atoms with Crippen molar-refractivity contribution in [3.8, 4) is 0 Å². The molecule has 2 heterocycles. The van der Waals surface area contributed by atoms with Gasteiger partial charge in [-0.1, -0.05) is 11.6 Å². The van der Waals surface area contributed by atoms with Crippen LogP contribution in [0.15, 0.2) is 23.2 Å². The number of halogens is 1. The number of carbonyl (C=O) groups is 1. The third-order valence-corrected chi connectivity index (χ3v) is 5.60. The smallest absolute Gasteiger partial charge is 0.308 e. The number of nitrogens with one attached hydrogen (secondary N) is 1. The molecule has 2 aromatic rings. The summed E-state index contributed by atoms with van der Waals surface area (Å²) in [6, 6.07) is 5.75. The van der Waals surface area contributed by atoms with E-state index >= 15 is 0 Å². The molecule has 1 saturated heterocycles. The monoisotopic (exact) mass is 380 g/mol. The molecule has 134 valence electrons. The van der Waals surface area contributed by atoms with Gasteiger partial charge in [-0.3, -0.25) is 9.79 Å². The number of likely N-dealkylation sites (tertiary alicyclic amines) is 1. The van der Waals surface area contributed by atoms with Gasteiger partial charge < -0.3 is 15.0 Å². The Morgan fingerprint density at radius 2 is 2.24 bits per heavy atom. The van der Waals surface area contributed by atoms with Gasteiger partial charge in [0, 0.05) is 25.2 Å². The molecule has 0 bridgehead atoms. The van der Waals surface area contributed by atoms with E-state index in [4.69, 9.17) is 16.3 Å². The molecule has 1 N–H and O–H groups in total. The molecule has 1 aliphatic heterocycles. The predicted molar refractivity (Wildman–Crippen MR) is 101 cm³/mol. The second-order valence-electron chi connectivity index (χ2n) is 5.90. The van der Waals surface area contributed by atoms with E-state index in [-0.39, 0.29) is 11.9 Å². The summed E-state index contributed by atoms with van der Waals surface area (Å²) in [5, 5.41) is 5.05. The van der Waals surface area contributed by atoms with Crippen molar-refractivity contribution in [2.75, 3.05) is 27.2 Å². The number of hydrogen-bond donors (Lipinski definition) is 1. The standard InChI is InChI=1S/C17H21ClN4O2S/c1-19-17(22-7-5-11(6-8-22)16(23)24-2)20-10-15-21-13-9-12(18)3-4-14(13)25-15/h3-4,9,11H,5-8,10H2,1-2H3,(H,19,20). The van der Waals surface area contributed by atoms with Crippen molar-refractivity contribution >= 4 is 45.1 Å². The van der Waals surface area contributed by atoms with Crippen LogP contribution < -0.4 is 5.32 Å². The topological polar surface area (TPSA) is 66.8 Å². The summed E-state index contributed by atoms with van der Waals surface area (Å²) in [6.07, 6.45) is 1.57. The normalized spacial score (nSPS) is 16.3. The van der Waals surface area contributed by atoms with Crippen LogP contribution in [-0.4, -0.2) is 49.1 Å². The quantitative estimate of drug-likeness (QED) is 0.504. The van der Waals surface area contributed by atoms with Crippen LogP contribution in [0.3, 0.4) is 0 Å². The molecule has 25 heavy (non-hydrogen) atoms. The molecule has 0 radical (unpaired) electrons. The van der Waals surface area contributed by atoms with E-state index < -0.39 is 0 Å². The highest BCUT2D eigenvalue weighted by atomic mass is 35.5. The lowest BCUT2D eigenvalue weighted by Crippen LogP contribution is -2.46. The van der Waals surface area contributed by atoms with E-state index in [2.05, 4.69) is 20.2 Å². The fraction of sp³-hybridized carbons (Fsp3) is 0.471. The molecule has 1 aromatic carbocycles. The summed E-state index contributed by atoms with van der Waals surface area (Å²) >= 11 is 7.66. The molecular formula is C17H21ClN4O2S. The lowest BCUT2D eigenvalue weighted by Gasteiger charge is -2.33. The Kier molecular flexibility index (Phi) is 5.75. The SMILES string of the molecule is CN=C(NCc1nc2cc(Cl)ccc2s1)N1CCC(C(=O)OC)CC1. The number of aromatic nitrogens is 1. The number of guanidine groups is 1. The van der Waals surface area contributed by atoms with Crippen molar-refractivity contribution in [2.45, 2.75) is 19.4 Å². The number of thiazole rings is 1. The molecule has 0 spiro atoms. The Labute approximate surface area is 155 Å². The molecular weight excluding hydrogens is 360 g/mol. The average molecular weight is 381 g/mol. The first-order chi connectivity index (χ1) is 12.1.